The predicted molar refractivity (Wildman–Crippen MR) is 138 cm³/mol. The Morgan fingerprint density at radius 1 is 1.06 bits per heavy atom. The van der Waals surface area contributed by atoms with Crippen LogP contribution in [0.4, 0.5) is 5.82 Å². The molecule has 8 heteroatoms. The highest BCUT2D eigenvalue weighted by Crippen LogP contribution is 2.28. The second-order valence-corrected chi connectivity index (χ2v) is 9.44. The summed E-state index contributed by atoms with van der Waals surface area (Å²) in [6, 6.07) is 18.2. The van der Waals surface area contributed by atoms with Crippen LogP contribution in [0.5, 0.6) is 0 Å². The van der Waals surface area contributed by atoms with Crippen LogP contribution in [0.1, 0.15) is 48.7 Å². The second kappa shape index (κ2) is 9.84. The van der Waals surface area contributed by atoms with Crippen LogP contribution >= 0.6 is 0 Å². The number of likely N-dealkylation sites (tertiary alicyclic amines) is 1. The van der Waals surface area contributed by atoms with E-state index in [1.54, 1.807) is 12.1 Å². The first-order valence-electron chi connectivity index (χ1n) is 12.2. The Kier molecular flexibility index (Phi) is 6.46. The minimum Gasteiger partial charge on any atom is -0.366 e. The minimum atomic E-state index is -0.452. The summed E-state index contributed by atoms with van der Waals surface area (Å²) in [4.78, 5) is 28.3. The largest absolute Gasteiger partial charge is 0.366 e. The number of aromatic nitrogens is 4. The van der Waals surface area contributed by atoms with Gasteiger partial charge in [0.2, 0.25) is 5.91 Å². The fourth-order valence-electron chi connectivity index (χ4n) is 4.58. The number of fused-ring (bicyclic) bond motifs is 1. The third kappa shape index (κ3) is 5.02. The highest BCUT2D eigenvalue weighted by Gasteiger charge is 2.22. The summed E-state index contributed by atoms with van der Waals surface area (Å²) in [5, 5.41) is 3.67. The molecule has 0 radical (unpaired) electrons. The summed E-state index contributed by atoms with van der Waals surface area (Å²) in [6.07, 6.45) is 3.90. The topological polar surface area (TPSA) is 102 Å². The Balaban J connectivity index is 1.38. The van der Waals surface area contributed by atoms with E-state index >= 15 is 0 Å². The van der Waals surface area contributed by atoms with Crippen molar-refractivity contribution in [3.8, 4) is 11.4 Å². The van der Waals surface area contributed by atoms with Crippen LogP contribution in [0.15, 0.2) is 60.9 Å². The maximum absolute atomic E-state index is 11.5. The number of primary amides is 1. The molecule has 0 saturated carbocycles. The summed E-state index contributed by atoms with van der Waals surface area (Å²) < 4.78 is 2.06. The van der Waals surface area contributed by atoms with Crippen LogP contribution in [-0.4, -0.2) is 49.5 Å². The molecule has 0 spiro atoms. The van der Waals surface area contributed by atoms with Crippen molar-refractivity contribution in [3.63, 3.8) is 0 Å². The quantitative estimate of drug-likeness (QED) is 0.420. The maximum Gasteiger partial charge on any atom is 0.248 e. The number of anilines is 1. The van der Waals surface area contributed by atoms with Crippen LogP contribution in [0.2, 0.25) is 0 Å². The molecule has 0 atom stereocenters. The van der Waals surface area contributed by atoms with Gasteiger partial charge in [0.1, 0.15) is 5.52 Å². The van der Waals surface area contributed by atoms with Crippen molar-refractivity contribution in [2.75, 3.05) is 18.4 Å². The van der Waals surface area contributed by atoms with E-state index in [9.17, 15) is 4.79 Å². The predicted octanol–water partition coefficient (Wildman–Crippen LogP) is 4.25. The van der Waals surface area contributed by atoms with Crippen LogP contribution < -0.4 is 11.1 Å². The molecule has 0 bridgehead atoms. The molecule has 1 fully saturated rings. The maximum atomic E-state index is 11.5. The molecule has 2 aromatic carbocycles. The highest BCUT2D eigenvalue weighted by atomic mass is 16.1. The molecule has 2 aromatic heterocycles. The van der Waals surface area contributed by atoms with Crippen molar-refractivity contribution < 1.29 is 4.79 Å². The zero-order valence-corrected chi connectivity index (χ0v) is 20.2. The van der Waals surface area contributed by atoms with Crippen molar-refractivity contribution in [1.82, 2.24) is 24.4 Å². The zero-order valence-electron chi connectivity index (χ0n) is 20.2. The molecule has 8 nitrogen and oxygen atoms in total. The van der Waals surface area contributed by atoms with Gasteiger partial charge in [0.05, 0.1) is 6.33 Å². The average molecular weight is 470 g/mol. The van der Waals surface area contributed by atoms with Gasteiger partial charge in [0, 0.05) is 42.8 Å². The van der Waals surface area contributed by atoms with E-state index in [1.165, 1.54) is 5.56 Å². The molecular weight excluding hydrogens is 438 g/mol. The van der Waals surface area contributed by atoms with Gasteiger partial charge >= 0.3 is 0 Å². The minimum absolute atomic E-state index is 0.217. The number of nitrogens with one attached hydrogen (secondary N) is 1. The number of nitrogens with two attached hydrogens (primary N) is 1. The lowest BCUT2D eigenvalue weighted by Crippen LogP contribution is -2.38. The Labute approximate surface area is 205 Å². The van der Waals surface area contributed by atoms with Gasteiger partial charge in [-0.2, -0.15) is 0 Å². The fourth-order valence-corrected chi connectivity index (χ4v) is 4.58. The third-order valence-corrected chi connectivity index (χ3v) is 6.58. The zero-order chi connectivity index (χ0) is 24.4. The van der Waals surface area contributed by atoms with Gasteiger partial charge in [-0.25, -0.2) is 15.0 Å². The number of rotatable bonds is 7. The van der Waals surface area contributed by atoms with Gasteiger partial charge in [0.25, 0.3) is 0 Å². The first-order chi connectivity index (χ1) is 17.0. The van der Waals surface area contributed by atoms with Crippen molar-refractivity contribution >= 4 is 22.9 Å². The molecule has 0 aliphatic carbocycles. The standard InChI is InChI=1S/C27H31N7O/c1-18(2)34-17-29-23-26(30-22-12-14-33(15-13-22)16-19-6-4-3-5-7-19)31-25(32-27(23)34)21-10-8-20(9-11-21)24(28)35/h3-11,17-18,22H,12-16H2,1-2H3,(H2,28,35)(H,30,31,32). The molecule has 35 heavy (non-hydrogen) atoms. The van der Waals surface area contributed by atoms with E-state index in [0.29, 0.717) is 17.4 Å². The van der Waals surface area contributed by atoms with Crippen LogP contribution in [0.3, 0.4) is 0 Å². The molecule has 4 aromatic rings. The Morgan fingerprint density at radius 2 is 1.77 bits per heavy atom. The Morgan fingerprint density at radius 3 is 2.43 bits per heavy atom. The molecule has 3 N–H and O–H groups in total. The number of amides is 1. The Bertz CT molecular complexity index is 1310. The number of hydrogen-bond donors (Lipinski definition) is 2. The smallest absolute Gasteiger partial charge is 0.248 e. The number of carbonyl (C=O) groups is 1. The summed E-state index contributed by atoms with van der Waals surface area (Å²) in [5.41, 5.74) is 9.62. The number of piperidine rings is 1. The van der Waals surface area contributed by atoms with Gasteiger partial charge in [-0.15, -0.1) is 0 Å². The summed E-state index contributed by atoms with van der Waals surface area (Å²) >= 11 is 0. The monoisotopic (exact) mass is 469 g/mol. The summed E-state index contributed by atoms with van der Waals surface area (Å²) in [7, 11) is 0. The number of hydrogen-bond acceptors (Lipinski definition) is 6. The number of carbonyl (C=O) groups excluding carboxylic acids is 1. The van der Waals surface area contributed by atoms with Crippen molar-refractivity contribution in [3.05, 3.63) is 72.1 Å². The van der Waals surface area contributed by atoms with Gasteiger partial charge in [-0.3, -0.25) is 9.69 Å². The molecule has 1 amide bonds. The molecular formula is C27H31N7O. The molecule has 1 aliphatic heterocycles. The lowest BCUT2D eigenvalue weighted by atomic mass is 10.0. The molecule has 1 aliphatic rings. The van der Waals surface area contributed by atoms with E-state index in [-0.39, 0.29) is 6.04 Å². The average Bonchev–Trinajstić information content (AvgIpc) is 3.31. The molecule has 0 unspecified atom stereocenters. The third-order valence-electron chi connectivity index (χ3n) is 6.58. The SMILES string of the molecule is CC(C)n1cnc2c(NC3CCN(Cc4ccccc4)CC3)nc(-c3ccc(C(N)=O)cc3)nc21. The van der Waals surface area contributed by atoms with Gasteiger partial charge in [-0.1, -0.05) is 42.5 Å². The van der Waals surface area contributed by atoms with E-state index in [2.05, 4.69) is 63.9 Å². The van der Waals surface area contributed by atoms with Crippen molar-refractivity contribution in [2.24, 2.45) is 5.73 Å². The fraction of sp³-hybridized carbons (Fsp3) is 0.333. The van der Waals surface area contributed by atoms with E-state index in [1.807, 2.05) is 18.5 Å². The lowest BCUT2D eigenvalue weighted by molar-refractivity contribution is 0.100. The first-order valence-corrected chi connectivity index (χ1v) is 12.2. The molecule has 1 saturated heterocycles. The second-order valence-electron chi connectivity index (χ2n) is 9.44. The highest BCUT2D eigenvalue weighted by molar-refractivity contribution is 5.93. The van der Waals surface area contributed by atoms with Crippen LogP contribution in [0.25, 0.3) is 22.6 Å². The van der Waals surface area contributed by atoms with E-state index in [0.717, 1.165) is 55.0 Å². The lowest BCUT2D eigenvalue weighted by Gasteiger charge is -2.32. The van der Waals surface area contributed by atoms with Gasteiger partial charge < -0.3 is 15.6 Å². The molecule has 180 valence electrons. The van der Waals surface area contributed by atoms with Crippen LogP contribution in [-0.2, 0) is 6.54 Å². The number of imidazole rings is 1. The van der Waals surface area contributed by atoms with Crippen molar-refractivity contribution in [1.29, 1.82) is 0 Å². The van der Waals surface area contributed by atoms with Crippen molar-refractivity contribution in [2.45, 2.75) is 45.3 Å². The van der Waals surface area contributed by atoms with E-state index in [4.69, 9.17) is 15.7 Å². The summed E-state index contributed by atoms with van der Waals surface area (Å²) in [5.74, 6) is 0.900. The number of nitrogens with zero attached hydrogens (tertiary/aromatic N) is 5. The normalized spacial score (nSPS) is 15.1. The molecule has 5 rings (SSSR count). The first kappa shape index (κ1) is 23.0. The van der Waals surface area contributed by atoms with Crippen LogP contribution in [0, 0.1) is 0 Å². The number of benzene rings is 2. The van der Waals surface area contributed by atoms with Gasteiger partial charge in [0.15, 0.2) is 17.3 Å². The molecule has 3 heterocycles. The Hall–Kier alpha value is -3.78. The van der Waals surface area contributed by atoms with E-state index < -0.39 is 5.91 Å². The van der Waals surface area contributed by atoms with Gasteiger partial charge in [-0.05, 0) is 44.4 Å². The summed E-state index contributed by atoms with van der Waals surface area (Å²) in [6.45, 7) is 7.26.